The fourth-order valence-electron chi connectivity index (χ4n) is 2.79. The first-order valence-electron chi connectivity index (χ1n) is 8.64. The third kappa shape index (κ3) is 5.45. The number of aromatic nitrogens is 1. The number of furan rings is 1. The lowest BCUT2D eigenvalue weighted by Crippen LogP contribution is -2.42. The highest BCUT2D eigenvalue weighted by Gasteiger charge is 2.15. The standard InChI is InChI=1S/C17H22IN3O5/c18-21-7-5-20(6-8-21)4-1-2-16(22)25-10-11-26-17(23)14-12-15-13(19-14)3-9-24-15/h3,9,12,19H,1-2,4-8,10-11H2. The minimum absolute atomic E-state index is 0.0303. The maximum Gasteiger partial charge on any atom is 0.355 e. The van der Waals surface area contributed by atoms with Crippen LogP contribution in [0.15, 0.2) is 22.8 Å². The third-order valence-electron chi connectivity index (χ3n) is 4.21. The fraction of sp³-hybridized carbons (Fsp3) is 0.529. The quantitative estimate of drug-likeness (QED) is 0.271. The van der Waals surface area contributed by atoms with Crippen LogP contribution in [0.5, 0.6) is 0 Å². The third-order valence-corrected chi connectivity index (χ3v) is 5.18. The van der Waals surface area contributed by atoms with E-state index in [4.69, 9.17) is 13.9 Å². The molecule has 3 rings (SSSR count). The van der Waals surface area contributed by atoms with Crippen molar-refractivity contribution in [2.24, 2.45) is 0 Å². The van der Waals surface area contributed by atoms with Gasteiger partial charge in [0.2, 0.25) is 0 Å². The molecule has 8 nitrogen and oxygen atoms in total. The van der Waals surface area contributed by atoms with Crippen LogP contribution in [-0.4, -0.2) is 70.9 Å². The summed E-state index contributed by atoms with van der Waals surface area (Å²) in [6.07, 6.45) is 2.70. The topological polar surface area (TPSA) is 88.0 Å². The van der Waals surface area contributed by atoms with Crippen LogP contribution in [0, 0.1) is 0 Å². The van der Waals surface area contributed by atoms with Crippen LogP contribution in [0.4, 0.5) is 0 Å². The van der Waals surface area contributed by atoms with E-state index < -0.39 is 5.97 Å². The molecule has 26 heavy (non-hydrogen) atoms. The first-order valence-corrected chi connectivity index (χ1v) is 9.60. The number of halogens is 1. The molecule has 0 aromatic carbocycles. The van der Waals surface area contributed by atoms with E-state index in [1.54, 1.807) is 18.4 Å². The van der Waals surface area contributed by atoms with E-state index in [0.717, 1.165) is 44.7 Å². The second kappa shape index (κ2) is 9.38. The Bertz CT molecular complexity index is 707. The van der Waals surface area contributed by atoms with Gasteiger partial charge in [-0.3, -0.25) is 4.79 Å². The second-order valence-electron chi connectivity index (χ2n) is 6.09. The van der Waals surface area contributed by atoms with Gasteiger partial charge in [-0.25, -0.2) is 7.91 Å². The van der Waals surface area contributed by atoms with Crippen molar-refractivity contribution in [1.82, 2.24) is 13.0 Å². The van der Waals surface area contributed by atoms with Crippen LogP contribution >= 0.6 is 22.9 Å². The molecule has 0 amide bonds. The van der Waals surface area contributed by atoms with Gasteiger partial charge in [-0.2, -0.15) is 0 Å². The monoisotopic (exact) mass is 475 g/mol. The molecule has 142 valence electrons. The van der Waals surface area contributed by atoms with Gasteiger partial charge in [0, 0.05) is 67.6 Å². The molecule has 1 aliphatic heterocycles. The first-order chi connectivity index (χ1) is 12.6. The first kappa shape index (κ1) is 19.2. The van der Waals surface area contributed by atoms with Gasteiger partial charge in [0.15, 0.2) is 5.58 Å². The van der Waals surface area contributed by atoms with E-state index >= 15 is 0 Å². The number of hydrogen-bond donors (Lipinski definition) is 1. The van der Waals surface area contributed by atoms with Crippen LogP contribution in [0.25, 0.3) is 11.1 Å². The summed E-state index contributed by atoms with van der Waals surface area (Å²) in [5.74, 6) is -0.757. The number of piperazine rings is 1. The van der Waals surface area contributed by atoms with Gasteiger partial charge in [-0.05, 0) is 13.0 Å². The van der Waals surface area contributed by atoms with Crippen molar-refractivity contribution in [1.29, 1.82) is 0 Å². The molecule has 0 atom stereocenters. The maximum absolute atomic E-state index is 11.9. The number of hydrogen-bond acceptors (Lipinski definition) is 7. The Labute approximate surface area is 165 Å². The van der Waals surface area contributed by atoms with E-state index in [2.05, 4.69) is 35.9 Å². The zero-order valence-electron chi connectivity index (χ0n) is 14.4. The van der Waals surface area contributed by atoms with Gasteiger partial charge in [0.1, 0.15) is 18.9 Å². The summed E-state index contributed by atoms with van der Waals surface area (Å²) in [7, 11) is 0. The molecule has 0 saturated carbocycles. The normalized spacial score (nSPS) is 16.0. The molecular weight excluding hydrogens is 453 g/mol. The van der Waals surface area contributed by atoms with E-state index in [-0.39, 0.29) is 19.2 Å². The van der Waals surface area contributed by atoms with E-state index in [1.165, 1.54) is 0 Å². The van der Waals surface area contributed by atoms with Crippen molar-refractivity contribution in [3.05, 3.63) is 24.1 Å². The van der Waals surface area contributed by atoms with Crippen LogP contribution in [-0.2, 0) is 14.3 Å². The maximum atomic E-state index is 11.9. The molecule has 1 aliphatic rings. The lowest BCUT2D eigenvalue weighted by atomic mass is 10.2. The number of nitrogens with zero attached hydrogens (tertiary/aromatic N) is 2. The molecule has 1 saturated heterocycles. The highest BCUT2D eigenvalue weighted by molar-refractivity contribution is 14.1. The van der Waals surface area contributed by atoms with Gasteiger partial charge in [-0.1, -0.05) is 0 Å². The number of carbonyl (C=O) groups excluding carboxylic acids is 2. The molecule has 2 aromatic rings. The number of H-pyrrole nitrogens is 1. The summed E-state index contributed by atoms with van der Waals surface area (Å²) in [6.45, 7) is 5.19. The summed E-state index contributed by atoms with van der Waals surface area (Å²) < 4.78 is 17.6. The molecule has 0 radical (unpaired) electrons. The van der Waals surface area contributed by atoms with Gasteiger partial charge in [0.05, 0.1) is 11.8 Å². The van der Waals surface area contributed by atoms with Crippen LogP contribution in [0.3, 0.4) is 0 Å². The lowest BCUT2D eigenvalue weighted by Gasteiger charge is -2.30. The molecule has 1 fully saturated rings. The average molecular weight is 475 g/mol. The van der Waals surface area contributed by atoms with Crippen LogP contribution < -0.4 is 0 Å². The summed E-state index contributed by atoms with van der Waals surface area (Å²) in [6, 6.07) is 3.32. The van der Waals surface area contributed by atoms with Crippen LogP contribution in [0.2, 0.25) is 0 Å². The number of aromatic amines is 1. The molecule has 9 heteroatoms. The number of esters is 2. The molecule has 0 bridgehead atoms. The van der Waals surface area contributed by atoms with E-state index in [9.17, 15) is 9.59 Å². The zero-order chi connectivity index (χ0) is 18.4. The number of fused-ring (bicyclic) bond motifs is 1. The Kier molecular flexibility index (Phi) is 6.92. The minimum atomic E-state index is -0.498. The van der Waals surface area contributed by atoms with Crippen molar-refractivity contribution in [3.63, 3.8) is 0 Å². The summed E-state index contributed by atoms with van der Waals surface area (Å²) in [5, 5.41) is 0. The molecule has 0 aliphatic carbocycles. The van der Waals surface area contributed by atoms with Crippen molar-refractivity contribution in [3.8, 4) is 0 Å². The van der Waals surface area contributed by atoms with Gasteiger partial charge < -0.3 is 23.8 Å². The Morgan fingerprint density at radius 1 is 1.19 bits per heavy atom. The Balaban J connectivity index is 1.25. The summed E-state index contributed by atoms with van der Waals surface area (Å²) in [4.78, 5) is 28.9. The smallest absolute Gasteiger partial charge is 0.355 e. The highest BCUT2D eigenvalue weighted by Crippen LogP contribution is 2.16. The number of ether oxygens (including phenoxy) is 2. The fourth-order valence-corrected chi connectivity index (χ4v) is 3.22. The minimum Gasteiger partial charge on any atom is -0.463 e. The molecule has 0 spiro atoms. The Hall–Kier alpha value is -1.59. The van der Waals surface area contributed by atoms with Crippen molar-refractivity contribution >= 4 is 45.9 Å². The van der Waals surface area contributed by atoms with Crippen molar-refractivity contribution in [2.75, 3.05) is 45.9 Å². The summed E-state index contributed by atoms with van der Waals surface area (Å²) >= 11 is 2.34. The highest BCUT2D eigenvalue weighted by atomic mass is 127. The van der Waals surface area contributed by atoms with Crippen molar-refractivity contribution < 1.29 is 23.5 Å². The lowest BCUT2D eigenvalue weighted by molar-refractivity contribution is -0.144. The predicted octanol–water partition coefficient (Wildman–Crippen LogP) is 2.21. The predicted molar refractivity (Wildman–Crippen MR) is 103 cm³/mol. The molecule has 2 aromatic heterocycles. The van der Waals surface area contributed by atoms with Gasteiger partial charge >= 0.3 is 11.9 Å². The largest absolute Gasteiger partial charge is 0.463 e. The van der Waals surface area contributed by atoms with Gasteiger partial charge in [0.25, 0.3) is 0 Å². The SMILES string of the molecule is O=C(CCCN1CCN(I)CC1)OCCOC(=O)c1cc2occc2[nH]1. The molecule has 1 N–H and O–H groups in total. The Morgan fingerprint density at radius 3 is 2.73 bits per heavy atom. The number of rotatable bonds is 8. The second-order valence-corrected chi connectivity index (χ2v) is 7.46. The molecule has 0 unspecified atom stereocenters. The van der Waals surface area contributed by atoms with Crippen LogP contribution in [0.1, 0.15) is 23.3 Å². The number of carbonyl (C=O) groups is 2. The van der Waals surface area contributed by atoms with E-state index in [0.29, 0.717) is 17.7 Å². The number of nitrogens with one attached hydrogen (secondary N) is 1. The summed E-state index contributed by atoms with van der Waals surface area (Å²) in [5.41, 5.74) is 1.66. The molecular formula is C17H22IN3O5. The van der Waals surface area contributed by atoms with Gasteiger partial charge in [-0.15, -0.1) is 0 Å². The zero-order valence-corrected chi connectivity index (χ0v) is 16.6. The average Bonchev–Trinajstić information content (AvgIpc) is 3.22. The Morgan fingerprint density at radius 2 is 1.96 bits per heavy atom. The van der Waals surface area contributed by atoms with E-state index in [1.807, 2.05) is 0 Å². The molecule has 3 heterocycles. The van der Waals surface area contributed by atoms with Crippen molar-refractivity contribution in [2.45, 2.75) is 12.8 Å².